The van der Waals surface area contributed by atoms with Crippen LogP contribution in [0.1, 0.15) is 58.6 Å². The molecule has 176 valence electrons. The summed E-state index contributed by atoms with van der Waals surface area (Å²) < 4.78 is 51.4. The number of rotatable bonds is 7. The molecule has 2 atom stereocenters. The molecular weight excluding hydrogens is 437 g/mol. The molecule has 1 aromatic carbocycles. The molecule has 0 spiro atoms. The summed E-state index contributed by atoms with van der Waals surface area (Å²) in [5, 5.41) is 2.84. The fraction of sp³-hybridized carbons (Fsp3) is 0.583. The summed E-state index contributed by atoms with van der Waals surface area (Å²) in [4.78, 5) is 9.80. The van der Waals surface area contributed by atoms with Crippen LogP contribution in [0.4, 0.5) is 13.2 Å². The monoisotopic (exact) mass is 468 g/mol. The third kappa shape index (κ3) is 5.27. The standard InChI is InChI=1S/C24H31F3N2O2S/c1-6-30-21-20(15(3)4)28-22(31-7-2)23(5,29-21)12-8-9-16-14-32-19-13-17(24(25,26)27)10-11-18(16)19/h10-11,13-15,20H,6-9,12H2,1-5H3/t20-,23+/m0/s1. The molecule has 1 aliphatic rings. The molecule has 0 radical (unpaired) electrons. The lowest BCUT2D eigenvalue weighted by Crippen LogP contribution is -2.45. The van der Waals surface area contributed by atoms with Crippen LogP contribution in [0.2, 0.25) is 0 Å². The predicted octanol–water partition coefficient (Wildman–Crippen LogP) is 6.91. The van der Waals surface area contributed by atoms with Crippen molar-refractivity contribution >= 4 is 33.2 Å². The van der Waals surface area contributed by atoms with Crippen LogP contribution in [0.5, 0.6) is 0 Å². The van der Waals surface area contributed by atoms with Crippen LogP contribution in [-0.4, -0.2) is 36.6 Å². The zero-order valence-corrected chi connectivity index (χ0v) is 20.1. The third-order valence-electron chi connectivity index (χ3n) is 5.62. The number of aliphatic imine (C=N–C) groups is 2. The van der Waals surface area contributed by atoms with Gasteiger partial charge in [0.1, 0.15) is 11.6 Å². The number of hydrogen-bond donors (Lipinski definition) is 0. The van der Waals surface area contributed by atoms with Crippen LogP contribution in [0.3, 0.4) is 0 Å². The fourth-order valence-corrected chi connectivity index (χ4v) is 4.98. The summed E-state index contributed by atoms with van der Waals surface area (Å²) in [6, 6.07) is 3.81. The molecule has 1 aromatic heterocycles. The molecule has 0 N–H and O–H groups in total. The van der Waals surface area contributed by atoms with Crippen LogP contribution in [-0.2, 0) is 22.1 Å². The molecule has 0 bridgehead atoms. The summed E-state index contributed by atoms with van der Waals surface area (Å²) in [5.41, 5.74) is -0.174. The smallest absolute Gasteiger partial charge is 0.416 e. The lowest BCUT2D eigenvalue weighted by molar-refractivity contribution is -0.137. The van der Waals surface area contributed by atoms with Gasteiger partial charge in [-0.05, 0) is 74.4 Å². The Morgan fingerprint density at radius 2 is 1.88 bits per heavy atom. The molecule has 2 heterocycles. The number of benzene rings is 1. The van der Waals surface area contributed by atoms with Crippen molar-refractivity contribution in [3.63, 3.8) is 0 Å². The van der Waals surface area contributed by atoms with E-state index in [1.54, 1.807) is 6.07 Å². The van der Waals surface area contributed by atoms with E-state index in [1.807, 2.05) is 26.2 Å². The van der Waals surface area contributed by atoms with Crippen molar-refractivity contribution in [2.45, 2.75) is 71.6 Å². The van der Waals surface area contributed by atoms with Gasteiger partial charge in [0.15, 0.2) is 0 Å². The van der Waals surface area contributed by atoms with Crippen LogP contribution in [0, 0.1) is 5.92 Å². The molecule has 3 rings (SSSR count). The zero-order chi connectivity index (χ0) is 23.5. The molecular formula is C24H31F3N2O2S. The van der Waals surface area contributed by atoms with Gasteiger partial charge in [0, 0.05) is 4.70 Å². The Labute approximate surface area is 191 Å². The van der Waals surface area contributed by atoms with E-state index in [4.69, 9.17) is 19.5 Å². The van der Waals surface area contributed by atoms with Crippen molar-refractivity contribution in [3.8, 4) is 0 Å². The number of fused-ring (bicyclic) bond motifs is 1. The Bertz CT molecular complexity index is 997. The number of halogens is 3. The first kappa shape index (κ1) is 24.6. The Kier molecular flexibility index (Phi) is 7.53. The Balaban J connectivity index is 1.78. The topological polar surface area (TPSA) is 43.2 Å². The summed E-state index contributed by atoms with van der Waals surface area (Å²) in [6.07, 6.45) is -2.09. The lowest BCUT2D eigenvalue weighted by atomic mass is 9.91. The van der Waals surface area contributed by atoms with Gasteiger partial charge in [-0.1, -0.05) is 19.9 Å². The Morgan fingerprint density at radius 3 is 2.50 bits per heavy atom. The molecule has 0 saturated heterocycles. The van der Waals surface area contributed by atoms with E-state index >= 15 is 0 Å². The molecule has 0 aliphatic carbocycles. The number of aryl methyl sites for hydroxylation is 1. The Morgan fingerprint density at radius 1 is 1.16 bits per heavy atom. The van der Waals surface area contributed by atoms with E-state index in [-0.39, 0.29) is 12.0 Å². The maximum atomic E-state index is 13.0. The van der Waals surface area contributed by atoms with E-state index < -0.39 is 17.3 Å². The highest BCUT2D eigenvalue weighted by Gasteiger charge is 2.40. The van der Waals surface area contributed by atoms with Crippen molar-refractivity contribution in [1.82, 2.24) is 0 Å². The van der Waals surface area contributed by atoms with Gasteiger partial charge in [0.05, 0.1) is 18.8 Å². The highest BCUT2D eigenvalue weighted by molar-refractivity contribution is 7.17. The minimum absolute atomic E-state index is 0.159. The number of nitrogens with zero attached hydrogens (tertiary/aromatic N) is 2. The van der Waals surface area contributed by atoms with Gasteiger partial charge in [-0.3, -0.25) is 0 Å². The average molecular weight is 469 g/mol. The number of thiophene rings is 1. The second kappa shape index (κ2) is 9.81. The third-order valence-corrected chi connectivity index (χ3v) is 6.62. The van der Waals surface area contributed by atoms with Crippen molar-refractivity contribution in [2.75, 3.05) is 13.2 Å². The van der Waals surface area contributed by atoms with Gasteiger partial charge in [0.25, 0.3) is 0 Å². The summed E-state index contributed by atoms with van der Waals surface area (Å²) in [7, 11) is 0. The molecule has 0 amide bonds. The van der Waals surface area contributed by atoms with Crippen molar-refractivity contribution in [2.24, 2.45) is 15.9 Å². The van der Waals surface area contributed by atoms with Gasteiger partial charge in [-0.25, -0.2) is 9.98 Å². The Hall–Kier alpha value is -2.09. The zero-order valence-electron chi connectivity index (χ0n) is 19.3. The maximum Gasteiger partial charge on any atom is 0.416 e. The maximum absolute atomic E-state index is 13.0. The van der Waals surface area contributed by atoms with E-state index in [2.05, 4.69) is 13.8 Å². The first-order valence-electron chi connectivity index (χ1n) is 11.1. The minimum Gasteiger partial charge on any atom is -0.480 e. The van der Waals surface area contributed by atoms with Gasteiger partial charge in [0.2, 0.25) is 11.8 Å². The van der Waals surface area contributed by atoms with Crippen LogP contribution in [0.25, 0.3) is 10.1 Å². The van der Waals surface area contributed by atoms with Crippen LogP contribution in [0.15, 0.2) is 33.6 Å². The van der Waals surface area contributed by atoms with Crippen molar-refractivity contribution < 1.29 is 22.6 Å². The van der Waals surface area contributed by atoms with Gasteiger partial charge in [-0.15, -0.1) is 11.3 Å². The average Bonchev–Trinajstić information content (AvgIpc) is 3.12. The van der Waals surface area contributed by atoms with E-state index in [0.29, 0.717) is 36.1 Å². The van der Waals surface area contributed by atoms with E-state index in [1.165, 1.54) is 17.4 Å². The van der Waals surface area contributed by atoms with E-state index in [0.717, 1.165) is 29.9 Å². The molecule has 1 aliphatic heterocycles. The highest BCUT2D eigenvalue weighted by Crippen LogP contribution is 2.36. The largest absolute Gasteiger partial charge is 0.480 e. The first-order valence-corrected chi connectivity index (χ1v) is 12.0. The molecule has 2 aromatic rings. The van der Waals surface area contributed by atoms with Gasteiger partial charge >= 0.3 is 6.18 Å². The van der Waals surface area contributed by atoms with Crippen molar-refractivity contribution in [1.29, 1.82) is 0 Å². The van der Waals surface area contributed by atoms with Gasteiger partial charge in [-0.2, -0.15) is 13.2 Å². The summed E-state index contributed by atoms with van der Waals surface area (Å²) >= 11 is 1.35. The number of hydrogen-bond acceptors (Lipinski definition) is 5. The van der Waals surface area contributed by atoms with Gasteiger partial charge < -0.3 is 9.47 Å². The molecule has 0 saturated carbocycles. The second-order valence-corrected chi connectivity index (χ2v) is 9.45. The summed E-state index contributed by atoms with van der Waals surface area (Å²) in [5.74, 6) is 1.51. The minimum atomic E-state index is -4.33. The first-order chi connectivity index (χ1) is 15.1. The SMILES string of the molecule is CCOC1=N[C@](C)(CCCc2csc3cc(C(F)(F)F)ccc23)C(OCC)=N[C@H]1C(C)C. The number of alkyl halides is 3. The van der Waals surface area contributed by atoms with Crippen LogP contribution < -0.4 is 0 Å². The highest BCUT2D eigenvalue weighted by atomic mass is 32.1. The summed E-state index contributed by atoms with van der Waals surface area (Å²) in [6.45, 7) is 11.1. The van der Waals surface area contributed by atoms with Crippen molar-refractivity contribution in [3.05, 3.63) is 34.7 Å². The molecule has 0 unspecified atom stereocenters. The normalized spacial score (nSPS) is 21.6. The molecule has 4 nitrogen and oxygen atoms in total. The predicted molar refractivity (Wildman–Crippen MR) is 125 cm³/mol. The lowest BCUT2D eigenvalue weighted by Gasteiger charge is -2.34. The fourth-order valence-electron chi connectivity index (χ4n) is 3.95. The van der Waals surface area contributed by atoms with Crippen LogP contribution >= 0.6 is 11.3 Å². The number of ether oxygens (including phenoxy) is 2. The quantitative estimate of drug-likeness (QED) is 0.443. The molecule has 32 heavy (non-hydrogen) atoms. The molecule has 8 heteroatoms. The second-order valence-electron chi connectivity index (χ2n) is 8.54. The van der Waals surface area contributed by atoms with E-state index in [9.17, 15) is 13.2 Å². The molecule has 0 fully saturated rings.